The second-order valence-electron chi connectivity index (χ2n) is 5.45. The van der Waals surface area contributed by atoms with E-state index in [1.807, 2.05) is 27.7 Å². The van der Waals surface area contributed by atoms with E-state index in [0.29, 0.717) is 5.92 Å². The van der Waals surface area contributed by atoms with Crippen molar-refractivity contribution in [3.05, 3.63) is 0 Å². The Balaban J connectivity index is 2.70. The zero-order chi connectivity index (χ0) is 11.9. The molecule has 0 bridgehead atoms. The van der Waals surface area contributed by atoms with Crippen LogP contribution in [0.1, 0.15) is 48.0 Å². The summed E-state index contributed by atoms with van der Waals surface area (Å²) in [6.45, 7) is 12.5. The fourth-order valence-electron chi connectivity index (χ4n) is 1.51. The molecule has 0 aliphatic carbocycles. The van der Waals surface area contributed by atoms with Crippen LogP contribution in [0.25, 0.3) is 0 Å². The molecule has 1 saturated heterocycles. The second-order valence-corrected chi connectivity index (χ2v) is 5.96. The van der Waals surface area contributed by atoms with E-state index < -0.39 is 0 Å². The number of hydrogen-bond acceptors (Lipinski definition) is 2. The Hall–Kier alpha value is 0.275. The number of alkyl halides is 1. The van der Waals surface area contributed by atoms with Gasteiger partial charge in [-0.25, -0.2) is 0 Å². The van der Waals surface area contributed by atoms with Crippen molar-refractivity contribution in [2.24, 2.45) is 5.92 Å². The van der Waals surface area contributed by atoms with Crippen molar-refractivity contribution in [3.63, 3.8) is 0 Å². The molecule has 0 aromatic carbocycles. The summed E-state index contributed by atoms with van der Waals surface area (Å²) in [6.07, 6.45) is 1.04. The average Bonchev–Trinajstić information content (AvgIpc) is 2.33. The summed E-state index contributed by atoms with van der Waals surface area (Å²) in [5.41, 5.74) is -0.559. The molecule has 2 nitrogen and oxygen atoms in total. The Morgan fingerprint density at radius 1 is 1.13 bits per heavy atom. The molecule has 4 heteroatoms. The minimum absolute atomic E-state index is 0.0731. The number of rotatable bonds is 3. The maximum Gasteiger partial charge on any atom is 0.477 e. The molecule has 0 aromatic rings. The van der Waals surface area contributed by atoms with E-state index in [-0.39, 0.29) is 23.6 Å². The van der Waals surface area contributed by atoms with Crippen LogP contribution in [0.5, 0.6) is 0 Å². The van der Waals surface area contributed by atoms with Gasteiger partial charge < -0.3 is 9.31 Å². The standard InChI is InChI=1S/C11H22BClO2/c1-7-8(2)9(13)12-14-10(3,4)11(5,6)15-12/h8-9H,7H2,1-6H3. The first-order valence-electron chi connectivity index (χ1n) is 5.71. The molecule has 0 saturated carbocycles. The van der Waals surface area contributed by atoms with Crippen LogP contribution >= 0.6 is 11.6 Å². The maximum atomic E-state index is 6.34. The van der Waals surface area contributed by atoms with E-state index in [9.17, 15) is 0 Å². The summed E-state index contributed by atoms with van der Waals surface area (Å²) in [5, 5.41) is -0.0731. The van der Waals surface area contributed by atoms with Crippen LogP contribution in [0.3, 0.4) is 0 Å². The molecule has 0 N–H and O–H groups in total. The van der Waals surface area contributed by atoms with E-state index in [2.05, 4.69) is 13.8 Å². The van der Waals surface area contributed by atoms with Gasteiger partial charge in [0.15, 0.2) is 0 Å². The van der Waals surface area contributed by atoms with Crippen LogP contribution in [0.4, 0.5) is 0 Å². The van der Waals surface area contributed by atoms with E-state index in [0.717, 1.165) is 6.42 Å². The maximum absolute atomic E-state index is 6.34. The van der Waals surface area contributed by atoms with Gasteiger partial charge in [0.05, 0.1) is 16.5 Å². The molecule has 1 heterocycles. The molecule has 2 unspecified atom stereocenters. The third-order valence-corrected chi connectivity index (χ3v) is 4.35. The van der Waals surface area contributed by atoms with Gasteiger partial charge in [0.25, 0.3) is 0 Å². The Morgan fingerprint density at radius 2 is 1.53 bits per heavy atom. The lowest BCUT2D eigenvalue weighted by Gasteiger charge is -2.32. The highest BCUT2D eigenvalue weighted by molar-refractivity contribution is 6.60. The summed E-state index contributed by atoms with van der Waals surface area (Å²) in [6, 6.07) is 0. The van der Waals surface area contributed by atoms with Gasteiger partial charge in [-0.15, -0.1) is 11.6 Å². The van der Waals surface area contributed by atoms with E-state index in [1.54, 1.807) is 0 Å². The smallest absolute Gasteiger partial charge is 0.402 e. The quantitative estimate of drug-likeness (QED) is 0.549. The third kappa shape index (κ3) is 2.51. The zero-order valence-corrected chi connectivity index (χ0v) is 11.4. The molecule has 88 valence electrons. The molecule has 0 spiro atoms. The summed E-state index contributed by atoms with van der Waals surface area (Å²) in [7, 11) is -0.286. The van der Waals surface area contributed by atoms with Crippen molar-refractivity contribution in [2.75, 3.05) is 0 Å². The van der Waals surface area contributed by atoms with Crippen LogP contribution in [0, 0.1) is 5.92 Å². The van der Waals surface area contributed by atoms with Crippen LogP contribution in [-0.2, 0) is 9.31 Å². The SMILES string of the molecule is CCC(C)C(Cl)B1OC(C)(C)C(C)(C)O1. The molecule has 1 fully saturated rings. The topological polar surface area (TPSA) is 18.5 Å². The summed E-state index contributed by atoms with van der Waals surface area (Å²) < 4.78 is 11.8. The Bertz CT molecular complexity index is 215. The van der Waals surface area contributed by atoms with Crippen molar-refractivity contribution in [3.8, 4) is 0 Å². The van der Waals surface area contributed by atoms with Gasteiger partial charge in [0, 0.05) is 0 Å². The van der Waals surface area contributed by atoms with Gasteiger partial charge in [0.1, 0.15) is 0 Å². The predicted octanol–water partition coefficient (Wildman–Crippen LogP) is 3.27. The highest BCUT2D eigenvalue weighted by Gasteiger charge is 2.54. The lowest BCUT2D eigenvalue weighted by atomic mass is 9.76. The highest BCUT2D eigenvalue weighted by Crippen LogP contribution is 2.39. The van der Waals surface area contributed by atoms with E-state index in [1.165, 1.54) is 0 Å². The Kier molecular flexibility index (Phi) is 3.80. The fraction of sp³-hybridized carbons (Fsp3) is 1.00. The largest absolute Gasteiger partial charge is 0.477 e. The average molecular weight is 233 g/mol. The highest BCUT2D eigenvalue weighted by atomic mass is 35.5. The minimum atomic E-state index is -0.286. The molecule has 1 aliphatic heterocycles. The van der Waals surface area contributed by atoms with Gasteiger partial charge >= 0.3 is 7.12 Å². The third-order valence-electron chi connectivity index (χ3n) is 3.72. The molecule has 1 aliphatic rings. The first-order valence-corrected chi connectivity index (χ1v) is 6.14. The summed E-state index contributed by atoms with van der Waals surface area (Å²) in [4.78, 5) is 0. The van der Waals surface area contributed by atoms with E-state index >= 15 is 0 Å². The van der Waals surface area contributed by atoms with Crippen molar-refractivity contribution >= 4 is 18.7 Å². The molecular weight excluding hydrogens is 210 g/mol. The molecule has 1 rings (SSSR count). The zero-order valence-electron chi connectivity index (χ0n) is 10.6. The monoisotopic (exact) mass is 232 g/mol. The van der Waals surface area contributed by atoms with E-state index in [4.69, 9.17) is 20.9 Å². The minimum Gasteiger partial charge on any atom is -0.402 e. The number of hydrogen-bond donors (Lipinski definition) is 0. The summed E-state index contributed by atoms with van der Waals surface area (Å²) in [5.74, 6) is 0.404. The van der Waals surface area contributed by atoms with Gasteiger partial charge in [0.2, 0.25) is 0 Å². The fourth-order valence-corrected chi connectivity index (χ4v) is 1.79. The van der Waals surface area contributed by atoms with Crippen LogP contribution in [0.15, 0.2) is 0 Å². The lowest BCUT2D eigenvalue weighted by Crippen LogP contribution is -2.41. The normalized spacial score (nSPS) is 27.8. The van der Waals surface area contributed by atoms with Crippen LogP contribution < -0.4 is 0 Å². The van der Waals surface area contributed by atoms with Gasteiger partial charge in [-0.1, -0.05) is 20.3 Å². The molecule has 15 heavy (non-hydrogen) atoms. The summed E-state index contributed by atoms with van der Waals surface area (Å²) >= 11 is 6.34. The molecule has 0 radical (unpaired) electrons. The van der Waals surface area contributed by atoms with Crippen molar-refractivity contribution in [2.45, 2.75) is 64.4 Å². The Labute approximate surface area is 98.8 Å². The van der Waals surface area contributed by atoms with Crippen molar-refractivity contribution in [1.29, 1.82) is 0 Å². The predicted molar refractivity (Wildman–Crippen MR) is 65.2 cm³/mol. The second kappa shape index (κ2) is 4.27. The lowest BCUT2D eigenvalue weighted by molar-refractivity contribution is 0.00578. The molecule has 0 amide bonds. The Morgan fingerprint density at radius 3 is 1.87 bits per heavy atom. The van der Waals surface area contributed by atoms with Crippen molar-refractivity contribution in [1.82, 2.24) is 0 Å². The number of halogens is 1. The van der Waals surface area contributed by atoms with Gasteiger partial charge in [-0.2, -0.15) is 0 Å². The van der Waals surface area contributed by atoms with Gasteiger partial charge in [-0.05, 0) is 33.6 Å². The first kappa shape index (κ1) is 13.3. The molecule has 0 aromatic heterocycles. The first-order chi connectivity index (χ1) is 6.71. The molecular formula is C11H22BClO2. The van der Waals surface area contributed by atoms with Crippen molar-refractivity contribution < 1.29 is 9.31 Å². The van der Waals surface area contributed by atoms with Crippen LogP contribution in [-0.4, -0.2) is 23.6 Å². The van der Waals surface area contributed by atoms with Crippen LogP contribution in [0.2, 0.25) is 0 Å². The van der Waals surface area contributed by atoms with Gasteiger partial charge in [-0.3, -0.25) is 0 Å². The molecule has 2 atom stereocenters.